The van der Waals surface area contributed by atoms with E-state index in [1.165, 1.54) is 0 Å². The van der Waals surface area contributed by atoms with E-state index in [-0.39, 0.29) is 17.5 Å². The first kappa shape index (κ1) is 23.4. The van der Waals surface area contributed by atoms with Crippen molar-refractivity contribution in [3.8, 4) is 5.75 Å². The third-order valence-electron chi connectivity index (χ3n) is 5.95. The summed E-state index contributed by atoms with van der Waals surface area (Å²) in [6, 6.07) is 25.2. The molecule has 34 heavy (non-hydrogen) atoms. The molecule has 0 bridgehead atoms. The van der Waals surface area contributed by atoms with Gasteiger partial charge in [0, 0.05) is 6.07 Å². The molecule has 0 fully saturated rings. The second kappa shape index (κ2) is 10.9. The minimum Gasteiger partial charge on any atom is -0.489 e. The summed E-state index contributed by atoms with van der Waals surface area (Å²) in [5, 5.41) is 2.89. The lowest BCUT2D eigenvalue weighted by Crippen LogP contribution is -2.37. The van der Waals surface area contributed by atoms with Crippen molar-refractivity contribution in [1.82, 2.24) is 5.32 Å². The maximum absolute atomic E-state index is 13.6. The van der Waals surface area contributed by atoms with Crippen molar-refractivity contribution in [1.29, 1.82) is 0 Å². The molecule has 0 aliphatic carbocycles. The number of rotatable bonds is 7. The third kappa shape index (κ3) is 5.58. The van der Waals surface area contributed by atoms with Gasteiger partial charge in [-0.25, -0.2) is 4.99 Å². The molecule has 1 heterocycles. The zero-order valence-corrected chi connectivity index (χ0v) is 19.5. The number of amides is 2. The Kier molecular flexibility index (Phi) is 7.50. The van der Waals surface area contributed by atoms with Crippen molar-refractivity contribution in [3.05, 3.63) is 95.6 Å². The number of aryl methyl sites for hydroxylation is 1. The highest BCUT2D eigenvalue weighted by Crippen LogP contribution is 2.32. The Morgan fingerprint density at radius 1 is 1.00 bits per heavy atom. The van der Waals surface area contributed by atoms with Gasteiger partial charge in [0.15, 0.2) is 0 Å². The van der Waals surface area contributed by atoms with Crippen LogP contribution in [0.15, 0.2) is 83.9 Å². The van der Waals surface area contributed by atoms with Crippen LogP contribution >= 0.6 is 0 Å². The number of likely N-dealkylation sites (N-methyl/N-ethyl adjacent to an activating group) is 1. The standard InChI is InChI=1S/C28H29N3O3/c1-20(29-2)27(32)30-25-16-14-23-13-15-24(34-19-22-11-7-4-8-12-22)17-26(23)31(28(25)33)18-21-9-5-3-6-10-21/h3-13,15,17,20,29H,14,16,18-19H2,1-2H3/t20-/m0/s1. The Morgan fingerprint density at radius 2 is 1.68 bits per heavy atom. The highest BCUT2D eigenvalue weighted by atomic mass is 16.5. The van der Waals surface area contributed by atoms with Gasteiger partial charge in [0.2, 0.25) is 0 Å². The van der Waals surface area contributed by atoms with E-state index in [2.05, 4.69) is 10.3 Å². The van der Waals surface area contributed by atoms with E-state index in [9.17, 15) is 9.59 Å². The van der Waals surface area contributed by atoms with Crippen LogP contribution in [0.1, 0.15) is 30.0 Å². The molecule has 1 atom stereocenters. The number of anilines is 1. The zero-order valence-electron chi connectivity index (χ0n) is 19.5. The number of carbonyl (C=O) groups is 2. The van der Waals surface area contributed by atoms with Gasteiger partial charge in [-0.05, 0) is 49.6 Å². The summed E-state index contributed by atoms with van der Waals surface area (Å²) in [7, 11) is 1.70. The Morgan fingerprint density at radius 3 is 2.35 bits per heavy atom. The van der Waals surface area contributed by atoms with Gasteiger partial charge >= 0.3 is 0 Å². The molecule has 6 heteroatoms. The summed E-state index contributed by atoms with van der Waals surface area (Å²) < 4.78 is 6.04. The number of benzene rings is 3. The predicted molar refractivity (Wildman–Crippen MR) is 134 cm³/mol. The van der Waals surface area contributed by atoms with Crippen molar-refractivity contribution in [2.24, 2.45) is 4.99 Å². The Bertz CT molecular complexity index is 1180. The molecular formula is C28H29N3O3. The summed E-state index contributed by atoms with van der Waals surface area (Å²) >= 11 is 0. The summed E-state index contributed by atoms with van der Waals surface area (Å²) in [5.41, 5.74) is 4.16. The lowest BCUT2D eigenvalue weighted by atomic mass is 10.1. The normalized spacial score (nSPS) is 15.5. The lowest BCUT2D eigenvalue weighted by Gasteiger charge is -2.24. The average Bonchev–Trinajstić information content (AvgIpc) is 3.00. The minimum atomic E-state index is -0.452. The van der Waals surface area contributed by atoms with Gasteiger partial charge in [0.05, 0.1) is 18.3 Å². The SMILES string of the molecule is CN[C@@H](C)C(=O)N=C1CCc2ccc(OCc3ccccc3)cc2N(Cc2ccccc2)C1=O. The van der Waals surface area contributed by atoms with Gasteiger partial charge < -0.3 is 15.0 Å². The van der Waals surface area contributed by atoms with E-state index in [4.69, 9.17) is 4.74 Å². The molecule has 0 saturated carbocycles. The highest BCUT2D eigenvalue weighted by molar-refractivity contribution is 6.45. The molecule has 3 aromatic rings. The Hall–Kier alpha value is -3.77. The van der Waals surface area contributed by atoms with Gasteiger partial charge in [0.1, 0.15) is 18.1 Å². The lowest BCUT2D eigenvalue weighted by molar-refractivity contribution is -0.120. The number of nitrogens with one attached hydrogen (secondary N) is 1. The van der Waals surface area contributed by atoms with Crippen LogP contribution in [-0.4, -0.2) is 30.6 Å². The smallest absolute Gasteiger partial charge is 0.273 e. The molecule has 6 nitrogen and oxygen atoms in total. The molecule has 0 saturated heterocycles. The monoisotopic (exact) mass is 455 g/mol. The van der Waals surface area contributed by atoms with Crippen LogP contribution in [0, 0.1) is 0 Å². The molecule has 0 unspecified atom stereocenters. The van der Waals surface area contributed by atoms with Crippen molar-refractivity contribution >= 4 is 23.2 Å². The van der Waals surface area contributed by atoms with Gasteiger partial charge in [-0.1, -0.05) is 66.7 Å². The van der Waals surface area contributed by atoms with E-state index in [0.717, 1.165) is 22.4 Å². The second-order valence-corrected chi connectivity index (χ2v) is 8.35. The van der Waals surface area contributed by atoms with E-state index < -0.39 is 6.04 Å². The molecule has 174 valence electrons. The predicted octanol–water partition coefficient (Wildman–Crippen LogP) is 4.32. The van der Waals surface area contributed by atoms with E-state index in [1.807, 2.05) is 78.9 Å². The van der Waals surface area contributed by atoms with Crippen LogP contribution in [-0.2, 0) is 29.2 Å². The van der Waals surface area contributed by atoms with Crippen LogP contribution < -0.4 is 15.0 Å². The maximum Gasteiger partial charge on any atom is 0.273 e. The maximum atomic E-state index is 13.6. The van der Waals surface area contributed by atoms with Crippen LogP contribution in [0.4, 0.5) is 5.69 Å². The Balaban J connectivity index is 1.67. The van der Waals surface area contributed by atoms with E-state index >= 15 is 0 Å². The number of aliphatic imine (C=N–C) groups is 1. The first-order valence-electron chi connectivity index (χ1n) is 11.5. The molecular weight excluding hydrogens is 426 g/mol. The van der Waals surface area contributed by atoms with E-state index in [0.29, 0.717) is 31.7 Å². The molecule has 0 radical (unpaired) electrons. The fraction of sp³-hybridized carbons (Fsp3) is 0.250. The molecule has 0 spiro atoms. The molecule has 2 amide bonds. The van der Waals surface area contributed by atoms with Crippen molar-refractivity contribution < 1.29 is 14.3 Å². The molecule has 4 rings (SSSR count). The fourth-order valence-electron chi connectivity index (χ4n) is 3.84. The average molecular weight is 456 g/mol. The first-order chi connectivity index (χ1) is 16.5. The van der Waals surface area contributed by atoms with E-state index in [1.54, 1.807) is 18.9 Å². The Labute approximate surface area is 200 Å². The molecule has 1 N–H and O–H groups in total. The number of ether oxygens (including phenoxy) is 1. The fourth-order valence-corrected chi connectivity index (χ4v) is 3.84. The molecule has 1 aliphatic heterocycles. The van der Waals surface area contributed by atoms with Gasteiger partial charge in [-0.2, -0.15) is 0 Å². The van der Waals surface area contributed by atoms with Gasteiger partial charge in [0.25, 0.3) is 11.8 Å². The number of carbonyl (C=O) groups excluding carboxylic acids is 2. The summed E-state index contributed by atoms with van der Waals surface area (Å²) in [6.45, 7) is 2.55. The van der Waals surface area contributed by atoms with Gasteiger partial charge in [-0.3, -0.25) is 9.59 Å². The molecule has 0 aromatic heterocycles. The second-order valence-electron chi connectivity index (χ2n) is 8.35. The minimum absolute atomic E-state index is 0.250. The van der Waals surface area contributed by atoms with Crippen LogP contribution in [0.5, 0.6) is 5.75 Å². The third-order valence-corrected chi connectivity index (χ3v) is 5.95. The summed E-state index contributed by atoms with van der Waals surface area (Å²) in [6.07, 6.45) is 1.02. The highest BCUT2D eigenvalue weighted by Gasteiger charge is 2.29. The number of fused-ring (bicyclic) bond motifs is 1. The zero-order chi connectivity index (χ0) is 23.9. The molecule has 3 aromatic carbocycles. The first-order valence-corrected chi connectivity index (χ1v) is 11.5. The summed E-state index contributed by atoms with van der Waals surface area (Å²) in [5.74, 6) is 0.0940. The number of hydrogen-bond donors (Lipinski definition) is 1. The topological polar surface area (TPSA) is 71.0 Å². The van der Waals surface area contributed by atoms with Crippen LogP contribution in [0.3, 0.4) is 0 Å². The van der Waals surface area contributed by atoms with Gasteiger partial charge in [-0.15, -0.1) is 0 Å². The van der Waals surface area contributed by atoms with Crippen molar-refractivity contribution in [2.45, 2.75) is 39.0 Å². The van der Waals surface area contributed by atoms with Crippen molar-refractivity contribution in [2.75, 3.05) is 11.9 Å². The summed E-state index contributed by atoms with van der Waals surface area (Å²) in [4.78, 5) is 32.0. The number of hydrogen-bond acceptors (Lipinski definition) is 4. The molecule has 1 aliphatic rings. The quantitative estimate of drug-likeness (QED) is 0.576. The van der Waals surface area contributed by atoms with Crippen LogP contribution in [0.25, 0.3) is 0 Å². The van der Waals surface area contributed by atoms with Crippen molar-refractivity contribution in [3.63, 3.8) is 0 Å². The number of nitrogens with zero attached hydrogens (tertiary/aromatic N) is 2. The largest absolute Gasteiger partial charge is 0.489 e. The van der Waals surface area contributed by atoms with Crippen LogP contribution in [0.2, 0.25) is 0 Å².